The fraction of sp³-hybridized carbons (Fsp3) is 0.222. The largest absolute Gasteiger partial charge is 0.344 e. The van der Waals surface area contributed by atoms with Gasteiger partial charge in [0, 0.05) is 6.42 Å². The van der Waals surface area contributed by atoms with Crippen LogP contribution in [0.4, 0.5) is 0 Å². The van der Waals surface area contributed by atoms with E-state index in [2.05, 4.69) is 5.32 Å². The summed E-state index contributed by atoms with van der Waals surface area (Å²) >= 11 is 1.12. The summed E-state index contributed by atoms with van der Waals surface area (Å²) in [6.07, 6.45) is 0.905. The van der Waals surface area contributed by atoms with Gasteiger partial charge in [0.05, 0.1) is 6.04 Å². The number of amides is 1. The van der Waals surface area contributed by atoms with Crippen molar-refractivity contribution < 1.29 is 9.59 Å². The van der Waals surface area contributed by atoms with Gasteiger partial charge in [-0.15, -0.1) is 11.6 Å². The molecule has 2 aromatic rings. The maximum atomic E-state index is 12.4. The maximum Gasteiger partial charge on any atom is 0.237 e. The number of nitrogens with two attached hydrogens (primary N) is 1. The second kappa shape index (κ2) is 9.30. The quantitative estimate of drug-likeness (QED) is 0.740. The number of hydrogen-bond donors (Lipinski definition) is 2. The van der Waals surface area contributed by atoms with Gasteiger partial charge in [0.1, 0.15) is 6.04 Å². The highest BCUT2D eigenvalue weighted by molar-refractivity contribution is 8.31. The third kappa shape index (κ3) is 5.55. The second-order valence-corrected chi connectivity index (χ2v) is 6.38. The Kier molecular flexibility index (Phi) is 7.09. The fourth-order valence-corrected chi connectivity index (χ4v) is 2.85. The zero-order valence-electron chi connectivity index (χ0n) is 13.6. The lowest BCUT2D eigenvalue weighted by molar-refractivity contribution is -0.125. The van der Waals surface area contributed by atoms with Gasteiger partial charge in [0.2, 0.25) is 5.91 Å². The molecule has 2 atom stereocenters. The lowest BCUT2D eigenvalue weighted by Gasteiger charge is -2.20. The number of benzene rings is 2. The number of carbonyl (C=O) groups is 2. The molecule has 3 N–H and O–H groups in total. The summed E-state index contributed by atoms with van der Waals surface area (Å²) in [4.78, 5) is 24.5. The summed E-state index contributed by atoms with van der Waals surface area (Å²) in [7, 11) is 1.72. The van der Waals surface area contributed by atoms with Gasteiger partial charge in [-0.3, -0.25) is 9.59 Å². The molecule has 0 radical (unpaired) electrons. The van der Waals surface area contributed by atoms with Crippen LogP contribution in [0, 0.1) is 0 Å². The topological polar surface area (TPSA) is 72.2 Å². The van der Waals surface area contributed by atoms with E-state index in [1.165, 1.54) is 0 Å². The molecule has 0 saturated heterocycles. The summed E-state index contributed by atoms with van der Waals surface area (Å²) in [5.41, 5.74) is 8.00. The zero-order valence-corrected chi connectivity index (χ0v) is 14.5. The number of hydrogen-bond acceptors (Lipinski definition) is 4. The van der Waals surface area contributed by atoms with Crippen LogP contribution in [-0.2, 0) is 22.4 Å². The van der Waals surface area contributed by atoms with Crippen LogP contribution < -0.4 is 11.1 Å². The first kappa shape index (κ1) is 18.3. The van der Waals surface area contributed by atoms with Gasteiger partial charge in [-0.1, -0.05) is 60.7 Å². The summed E-state index contributed by atoms with van der Waals surface area (Å²) in [6, 6.07) is 18.0. The van der Waals surface area contributed by atoms with E-state index in [0.29, 0.717) is 12.8 Å². The van der Waals surface area contributed by atoms with Crippen molar-refractivity contribution in [1.29, 1.82) is 0 Å². The van der Waals surface area contributed by atoms with Crippen LogP contribution in [0.3, 0.4) is 0 Å². The Bertz CT molecular complexity index is 667. The van der Waals surface area contributed by atoms with Gasteiger partial charge in [-0.2, -0.15) is 0 Å². The van der Waals surface area contributed by atoms with Crippen LogP contribution in [0.1, 0.15) is 11.1 Å². The second-order valence-electron chi connectivity index (χ2n) is 5.57. The van der Waals surface area contributed by atoms with Gasteiger partial charge < -0.3 is 11.1 Å². The standard InChI is InChI=1S/C18H21BN2O2S/c19-24-18(23)16(12-14-9-5-2-6-10-14)21-17(22)15(20)11-13-7-3-1-4-8-13/h1-10,15-16H,11-12,19-20H2,(H,21,22)/t15-,16-/m0/s1. The summed E-state index contributed by atoms with van der Waals surface area (Å²) < 4.78 is 0. The highest BCUT2D eigenvalue weighted by atomic mass is 32.2. The Morgan fingerprint density at radius 1 is 0.958 bits per heavy atom. The van der Waals surface area contributed by atoms with Crippen molar-refractivity contribution in [3.05, 3.63) is 71.8 Å². The van der Waals surface area contributed by atoms with Crippen LogP contribution in [0.25, 0.3) is 0 Å². The highest BCUT2D eigenvalue weighted by Gasteiger charge is 2.23. The lowest BCUT2D eigenvalue weighted by atomic mass is 10.0. The molecule has 0 heterocycles. The van der Waals surface area contributed by atoms with Gasteiger partial charge in [0.25, 0.3) is 0 Å². The van der Waals surface area contributed by atoms with Crippen LogP contribution >= 0.6 is 11.6 Å². The van der Waals surface area contributed by atoms with Crippen molar-refractivity contribution in [2.75, 3.05) is 0 Å². The molecule has 0 fully saturated rings. The maximum absolute atomic E-state index is 12.4. The van der Waals surface area contributed by atoms with Crippen molar-refractivity contribution >= 4 is 29.8 Å². The summed E-state index contributed by atoms with van der Waals surface area (Å²) in [6.45, 7) is 0. The van der Waals surface area contributed by atoms with Gasteiger partial charge in [0.15, 0.2) is 12.2 Å². The Morgan fingerprint density at radius 3 is 1.96 bits per heavy atom. The monoisotopic (exact) mass is 340 g/mol. The minimum Gasteiger partial charge on any atom is -0.344 e. The number of carbonyl (C=O) groups excluding carboxylic acids is 2. The first-order valence-electron chi connectivity index (χ1n) is 7.81. The molecule has 1 amide bonds. The van der Waals surface area contributed by atoms with Gasteiger partial charge in [-0.05, 0) is 17.5 Å². The normalized spacial score (nSPS) is 13.0. The minimum atomic E-state index is -0.680. The molecular weight excluding hydrogens is 319 g/mol. The molecule has 24 heavy (non-hydrogen) atoms. The molecule has 0 saturated carbocycles. The Morgan fingerprint density at radius 2 is 1.46 bits per heavy atom. The summed E-state index contributed by atoms with van der Waals surface area (Å²) in [5.74, 6) is -0.304. The van der Waals surface area contributed by atoms with E-state index in [1.54, 1.807) is 7.12 Å². The van der Waals surface area contributed by atoms with E-state index < -0.39 is 12.1 Å². The molecule has 2 rings (SSSR count). The fourth-order valence-electron chi connectivity index (χ4n) is 2.42. The molecule has 4 nitrogen and oxygen atoms in total. The molecule has 124 valence electrons. The van der Waals surface area contributed by atoms with E-state index >= 15 is 0 Å². The smallest absolute Gasteiger partial charge is 0.237 e. The highest BCUT2D eigenvalue weighted by Crippen LogP contribution is 2.09. The van der Waals surface area contributed by atoms with Crippen molar-refractivity contribution in [3.8, 4) is 0 Å². The minimum absolute atomic E-state index is 0.0703. The zero-order chi connectivity index (χ0) is 17.4. The van der Waals surface area contributed by atoms with E-state index in [1.807, 2.05) is 60.7 Å². The predicted octanol–water partition coefficient (Wildman–Crippen LogP) is 1.09. The molecule has 0 aliphatic heterocycles. The van der Waals surface area contributed by atoms with E-state index in [-0.39, 0.29) is 11.0 Å². The third-order valence-electron chi connectivity index (χ3n) is 3.72. The average molecular weight is 340 g/mol. The Labute approximate surface area is 147 Å². The predicted molar refractivity (Wildman–Crippen MR) is 101 cm³/mol. The molecule has 0 spiro atoms. The van der Waals surface area contributed by atoms with E-state index in [4.69, 9.17) is 5.73 Å². The van der Waals surface area contributed by atoms with Crippen LogP contribution in [0.2, 0.25) is 0 Å². The first-order valence-corrected chi connectivity index (χ1v) is 9.04. The Hall–Kier alpha value is -2.05. The van der Waals surface area contributed by atoms with Crippen molar-refractivity contribution in [2.24, 2.45) is 5.73 Å². The molecule has 0 aliphatic rings. The molecular formula is C18H21BN2O2S. The number of rotatable bonds is 7. The first-order chi connectivity index (χ1) is 11.6. The van der Waals surface area contributed by atoms with Crippen molar-refractivity contribution in [2.45, 2.75) is 24.9 Å². The molecule has 0 aliphatic carbocycles. The van der Waals surface area contributed by atoms with Crippen molar-refractivity contribution in [3.63, 3.8) is 0 Å². The van der Waals surface area contributed by atoms with Gasteiger partial charge >= 0.3 is 0 Å². The van der Waals surface area contributed by atoms with Crippen LogP contribution in [0.5, 0.6) is 0 Å². The molecule has 6 heteroatoms. The molecule has 0 unspecified atom stereocenters. The molecule has 2 aromatic carbocycles. The van der Waals surface area contributed by atoms with Crippen LogP contribution in [-0.4, -0.2) is 30.2 Å². The molecule has 0 aromatic heterocycles. The SMILES string of the molecule is BSC(=O)[C@H](Cc1ccccc1)NC(=O)[C@@H](N)Cc1ccccc1. The van der Waals surface area contributed by atoms with E-state index in [9.17, 15) is 9.59 Å². The lowest BCUT2D eigenvalue weighted by Crippen LogP contribution is -2.49. The van der Waals surface area contributed by atoms with Crippen LogP contribution in [0.15, 0.2) is 60.7 Å². The molecule has 0 bridgehead atoms. The van der Waals surface area contributed by atoms with Gasteiger partial charge in [-0.25, -0.2) is 0 Å². The van der Waals surface area contributed by atoms with E-state index in [0.717, 1.165) is 22.7 Å². The third-order valence-corrected chi connectivity index (χ3v) is 4.41. The Balaban J connectivity index is 2.00. The van der Waals surface area contributed by atoms with Crippen molar-refractivity contribution in [1.82, 2.24) is 5.32 Å². The summed E-state index contributed by atoms with van der Waals surface area (Å²) in [5, 5.41) is 2.73. The average Bonchev–Trinajstić information content (AvgIpc) is 2.62. The number of nitrogens with one attached hydrogen (secondary N) is 1.